The summed E-state index contributed by atoms with van der Waals surface area (Å²) in [5.41, 5.74) is -3.96. The Morgan fingerprint density at radius 3 is 2.78 bits per heavy atom. The van der Waals surface area contributed by atoms with Crippen LogP contribution in [-0.4, -0.2) is 57.8 Å². The number of anilines is 1. The number of halogens is 4. The molecule has 194 valence electrons. The van der Waals surface area contributed by atoms with Crippen LogP contribution in [0.2, 0.25) is 0 Å². The van der Waals surface area contributed by atoms with Gasteiger partial charge in [-0.05, 0) is 44.5 Å². The molecule has 2 saturated heterocycles. The molecule has 2 N–H and O–H groups in total. The zero-order chi connectivity index (χ0) is 25.6. The number of alkyl halides is 4. The van der Waals surface area contributed by atoms with E-state index in [0.717, 1.165) is 17.9 Å². The molecule has 3 aromatic rings. The highest BCUT2D eigenvalue weighted by atomic mass is 32.2. The smallest absolute Gasteiger partial charge is 0.378 e. The van der Waals surface area contributed by atoms with Crippen molar-refractivity contribution in [2.45, 2.75) is 67.8 Å². The highest BCUT2D eigenvalue weighted by molar-refractivity contribution is 8.00. The molecule has 2 fully saturated rings. The van der Waals surface area contributed by atoms with Crippen molar-refractivity contribution in [1.82, 2.24) is 20.4 Å². The molecule has 3 unspecified atom stereocenters. The number of likely N-dealkylation sites (tertiary alicyclic amines) is 1. The first-order chi connectivity index (χ1) is 17.1. The van der Waals surface area contributed by atoms with E-state index in [4.69, 9.17) is 4.52 Å². The van der Waals surface area contributed by atoms with Crippen LogP contribution in [0.15, 0.2) is 27.6 Å². The monoisotopic (exact) mass is 543 g/mol. The number of amides is 1. The SMILES string of the molecule is CC(C)N1CCC(Nc2cccc3c(SC(F)(F)F)c(-c4noc(C5CCC(=O)N5)n4)sc23)C(F)C1. The lowest BCUT2D eigenvalue weighted by Crippen LogP contribution is -2.50. The fraction of sp³-hybridized carbons (Fsp3) is 0.522. The van der Waals surface area contributed by atoms with E-state index in [0.29, 0.717) is 41.6 Å². The lowest BCUT2D eigenvalue weighted by atomic mass is 10.0. The number of carbonyl (C=O) groups excluding carboxylic acids is 1. The molecular weight excluding hydrogens is 518 g/mol. The molecule has 4 heterocycles. The maximum absolute atomic E-state index is 15.0. The van der Waals surface area contributed by atoms with Crippen molar-refractivity contribution in [3.63, 3.8) is 0 Å². The first-order valence-electron chi connectivity index (χ1n) is 11.7. The Morgan fingerprint density at radius 2 is 2.11 bits per heavy atom. The van der Waals surface area contributed by atoms with Crippen LogP contribution >= 0.6 is 23.1 Å². The molecule has 2 aliphatic heterocycles. The number of hydrogen-bond acceptors (Lipinski definition) is 8. The average Bonchev–Trinajstić information content (AvgIpc) is 3.53. The van der Waals surface area contributed by atoms with Crippen LogP contribution in [0.5, 0.6) is 0 Å². The summed E-state index contributed by atoms with van der Waals surface area (Å²) < 4.78 is 61.5. The van der Waals surface area contributed by atoms with Gasteiger partial charge in [0.1, 0.15) is 12.2 Å². The van der Waals surface area contributed by atoms with E-state index in [1.54, 1.807) is 18.2 Å². The summed E-state index contributed by atoms with van der Waals surface area (Å²) in [5.74, 6) is 0.0431. The minimum atomic E-state index is -4.54. The molecule has 3 atom stereocenters. The molecular formula is C23H25F4N5O2S2. The third-order valence-electron chi connectivity index (χ3n) is 6.47. The van der Waals surface area contributed by atoms with Gasteiger partial charge in [-0.1, -0.05) is 17.3 Å². The van der Waals surface area contributed by atoms with Crippen molar-refractivity contribution in [3.8, 4) is 10.7 Å². The lowest BCUT2D eigenvalue weighted by Gasteiger charge is -2.37. The number of aromatic nitrogens is 2. The van der Waals surface area contributed by atoms with Gasteiger partial charge >= 0.3 is 5.51 Å². The summed E-state index contributed by atoms with van der Waals surface area (Å²) in [7, 11) is 0. The van der Waals surface area contributed by atoms with Gasteiger partial charge < -0.3 is 15.2 Å². The van der Waals surface area contributed by atoms with E-state index in [-0.39, 0.29) is 45.2 Å². The van der Waals surface area contributed by atoms with Gasteiger partial charge in [0.25, 0.3) is 0 Å². The van der Waals surface area contributed by atoms with Crippen molar-refractivity contribution < 1.29 is 26.9 Å². The summed E-state index contributed by atoms with van der Waals surface area (Å²) in [6.07, 6.45) is 0.271. The number of nitrogens with zero attached hydrogens (tertiary/aromatic N) is 3. The summed E-state index contributed by atoms with van der Waals surface area (Å²) in [6, 6.07) is 4.36. The largest absolute Gasteiger partial charge is 0.446 e. The van der Waals surface area contributed by atoms with E-state index < -0.39 is 23.8 Å². The van der Waals surface area contributed by atoms with Gasteiger partial charge in [0.05, 0.1) is 21.3 Å². The third-order valence-corrected chi connectivity index (χ3v) is 8.69. The first-order valence-corrected chi connectivity index (χ1v) is 13.3. The van der Waals surface area contributed by atoms with Crippen molar-refractivity contribution in [3.05, 3.63) is 24.1 Å². The molecule has 2 aliphatic rings. The molecule has 5 rings (SSSR count). The molecule has 0 spiro atoms. The number of carbonyl (C=O) groups is 1. The predicted molar refractivity (Wildman–Crippen MR) is 131 cm³/mol. The van der Waals surface area contributed by atoms with Gasteiger partial charge in [-0.15, -0.1) is 11.3 Å². The van der Waals surface area contributed by atoms with Crippen molar-refractivity contribution >= 4 is 44.8 Å². The number of nitrogens with one attached hydrogen (secondary N) is 2. The standard InChI is InChI=1S/C23H25F4N5O2S2/c1-11(2)32-9-8-14(13(24)10-32)28-15-5-3-4-12-18(15)35-20(19(12)36-23(25,26)27)21-30-22(34-31-21)16-6-7-17(33)29-16/h3-5,11,13-14,16,28H,6-10H2,1-2H3,(H,29,33). The fourth-order valence-corrected chi connectivity index (χ4v) is 6.71. The van der Waals surface area contributed by atoms with Gasteiger partial charge in [-0.25, -0.2) is 4.39 Å². The Morgan fingerprint density at radius 1 is 1.31 bits per heavy atom. The Kier molecular flexibility index (Phi) is 6.90. The van der Waals surface area contributed by atoms with Crippen molar-refractivity contribution in [2.75, 3.05) is 18.4 Å². The summed E-state index contributed by atoms with van der Waals surface area (Å²) >= 11 is 0.877. The van der Waals surface area contributed by atoms with E-state index >= 15 is 0 Å². The maximum Gasteiger partial charge on any atom is 0.446 e. The molecule has 2 aromatic heterocycles. The van der Waals surface area contributed by atoms with Crippen molar-refractivity contribution in [2.24, 2.45) is 0 Å². The maximum atomic E-state index is 15.0. The van der Waals surface area contributed by atoms with Gasteiger partial charge in [0.2, 0.25) is 17.6 Å². The molecule has 0 saturated carbocycles. The predicted octanol–water partition coefficient (Wildman–Crippen LogP) is 5.75. The van der Waals surface area contributed by atoms with Gasteiger partial charge in [-0.2, -0.15) is 18.2 Å². The number of fused-ring (bicyclic) bond motifs is 1. The second kappa shape index (κ2) is 9.82. The first kappa shape index (κ1) is 25.3. The van der Waals surface area contributed by atoms with Gasteiger partial charge in [0.15, 0.2) is 0 Å². The second-order valence-corrected chi connectivity index (χ2v) is 11.3. The number of hydrogen-bond donors (Lipinski definition) is 2. The highest BCUT2D eigenvalue weighted by Crippen LogP contribution is 2.51. The van der Waals surface area contributed by atoms with Gasteiger partial charge in [-0.3, -0.25) is 9.69 Å². The molecule has 0 radical (unpaired) electrons. The minimum Gasteiger partial charge on any atom is -0.378 e. The van der Waals surface area contributed by atoms with Crippen LogP contribution < -0.4 is 10.6 Å². The zero-order valence-electron chi connectivity index (χ0n) is 19.6. The molecule has 0 aliphatic carbocycles. The minimum absolute atomic E-state index is 0.0265. The number of piperidine rings is 1. The molecule has 7 nitrogen and oxygen atoms in total. The average molecular weight is 544 g/mol. The van der Waals surface area contributed by atoms with E-state index in [2.05, 4.69) is 25.7 Å². The Bertz CT molecular complexity index is 1260. The molecule has 1 aromatic carbocycles. The zero-order valence-corrected chi connectivity index (χ0v) is 21.2. The number of rotatable bonds is 6. The number of benzene rings is 1. The van der Waals surface area contributed by atoms with Crippen molar-refractivity contribution in [1.29, 1.82) is 0 Å². The van der Waals surface area contributed by atoms with Crippen LogP contribution in [0.3, 0.4) is 0 Å². The van der Waals surface area contributed by atoms with E-state index in [1.807, 2.05) is 13.8 Å². The normalized spacial score (nSPS) is 23.5. The van der Waals surface area contributed by atoms with E-state index in [9.17, 15) is 22.4 Å². The van der Waals surface area contributed by atoms with Crippen LogP contribution in [-0.2, 0) is 4.79 Å². The quantitative estimate of drug-likeness (QED) is 0.303. The van der Waals surface area contributed by atoms with Gasteiger partial charge in [0, 0.05) is 35.8 Å². The second-order valence-electron chi connectivity index (χ2n) is 9.25. The van der Waals surface area contributed by atoms with Crippen LogP contribution in [0, 0.1) is 0 Å². The fourth-order valence-electron chi connectivity index (χ4n) is 4.60. The third kappa shape index (κ3) is 5.18. The summed E-state index contributed by atoms with van der Waals surface area (Å²) in [4.78, 5) is 18.1. The summed E-state index contributed by atoms with van der Waals surface area (Å²) in [5, 5.41) is 10.3. The Hall–Kier alpha value is -2.38. The number of thioether (sulfide) groups is 1. The summed E-state index contributed by atoms with van der Waals surface area (Å²) in [6.45, 7) is 5.09. The number of thiophene rings is 1. The van der Waals surface area contributed by atoms with Crippen LogP contribution in [0.4, 0.5) is 23.2 Å². The Balaban J connectivity index is 1.49. The Labute approximate surface area is 213 Å². The molecule has 36 heavy (non-hydrogen) atoms. The van der Waals surface area contributed by atoms with Crippen LogP contribution in [0.1, 0.15) is 45.0 Å². The van der Waals surface area contributed by atoms with E-state index in [1.165, 1.54) is 0 Å². The molecule has 0 bridgehead atoms. The lowest BCUT2D eigenvalue weighted by molar-refractivity contribution is -0.119. The van der Waals surface area contributed by atoms with Crippen LogP contribution in [0.25, 0.3) is 20.8 Å². The highest BCUT2D eigenvalue weighted by Gasteiger charge is 2.36. The topological polar surface area (TPSA) is 83.3 Å². The molecule has 13 heteroatoms. The molecule has 1 amide bonds.